The number of amides is 2. The number of hydrogen-bond acceptors (Lipinski definition) is 4. The molecule has 0 bridgehead atoms. The van der Waals surface area contributed by atoms with E-state index in [0.717, 1.165) is 30.2 Å². The molecule has 1 aromatic carbocycles. The number of hydrogen-bond donors (Lipinski definition) is 2. The second-order valence-electron chi connectivity index (χ2n) is 5.15. The molecule has 2 heterocycles. The molecule has 0 radical (unpaired) electrons. The van der Waals surface area contributed by atoms with Crippen LogP contribution in [0.2, 0.25) is 5.02 Å². The number of nitrogens with zero attached hydrogens (tertiary/aromatic N) is 2. The molecule has 3 rings (SSSR count). The topological polar surface area (TPSA) is 57.3 Å². The number of anilines is 2. The maximum atomic E-state index is 12.0. The molecule has 1 aliphatic rings. The Morgan fingerprint density at radius 1 is 1.41 bits per heavy atom. The van der Waals surface area contributed by atoms with Gasteiger partial charge >= 0.3 is 6.03 Å². The Labute approximate surface area is 138 Å². The van der Waals surface area contributed by atoms with E-state index in [1.807, 2.05) is 11.6 Å². The number of nitrogens with one attached hydrogen (secondary N) is 2. The van der Waals surface area contributed by atoms with Crippen molar-refractivity contribution in [1.82, 2.24) is 10.3 Å². The van der Waals surface area contributed by atoms with Crippen LogP contribution < -0.4 is 15.5 Å². The molecule has 22 heavy (non-hydrogen) atoms. The molecule has 2 amide bonds. The van der Waals surface area contributed by atoms with Crippen molar-refractivity contribution in [2.75, 3.05) is 23.3 Å². The van der Waals surface area contributed by atoms with Crippen LogP contribution in [-0.4, -0.2) is 30.1 Å². The third-order valence-electron chi connectivity index (χ3n) is 3.64. The van der Waals surface area contributed by atoms with Crippen molar-refractivity contribution in [2.45, 2.75) is 18.9 Å². The quantitative estimate of drug-likeness (QED) is 0.897. The molecule has 0 aliphatic carbocycles. The van der Waals surface area contributed by atoms with Crippen LogP contribution in [0.1, 0.15) is 12.8 Å². The molecule has 0 saturated carbocycles. The summed E-state index contributed by atoms with van der Waals surface area (Å²) in [5.74, 6) is 0. The lowest BCUT2D eigenvalue weighted by atomic mass is 10.2. The summed E-state index contributed by atoms with van der Waals surface area (Å²) in [6.07, 6.45) is 4.02. The van der Waals surface area contributed by atoms with Gasteiger partial charge in [0.2, 0.25) is 0 Å². The predicted octanol–water partition coefficient (Wildman–Crippen LogP) is 3.59. The van der Waals surface area contributed by atoms with E-state index in [1.165, 1.54) is 0 Å². The van der Waals surface area contributed by atoms with Crippen LogP contribution in [0.15, 0.2) is 35.8 Å². The third-order valence-corrected chi connectivity index (χ3v) is 4.70. The number of carbonyl (C=O) groups excluding carboxylic acids is 1. The van der Waals surface area contributed by atoms with Gasteiger partial charge in [-0.2, -0.15) is 0 Å². The first-order chi connectivity index (χ1) is 10.7. The average Bonchev–Trinajstić information content (AvgIpc) is 3.18. The van der Waals surface area contributed by atoms with Gasteiger partial charge in [-0.1, -0.05) is 11.6 Å². The van der Waals surface area contributed by atoms with Gasteiger partial charge in [-0.15, -0.1) is 11.3 Å². The normalized spacial score (nSPS) is 17.5. The van der Waals surface area contributed by atoms with Crippen LogP contribution in [0, 0.1) is 0 Å². The predicted molar refractivity (Wildman–Crippen MR) is 91.0 cm³/mol. The van der Waals surface area contributed by atoms with Crippen molar-refractivity contribution in [2.24, 2.45) is 0 Å². The highest BCUT2D eigenvalue weighted by Gasteiger charge is 2.26. The van der Waals surface area contributed by atoms with Gasteiger partial charge in [-0.25, -0.2) is 9.78 Å². The van der Waals surface area contributed by atoms with Crippen LogP contribution in [0.5, 0.6) is 0 Å². The Hall–Kier alpha value is -1.79. The van der Waals surface area contributed by atoms with Gasteiger partial charge in [-0.05, 0) is 37.1 Å². The Balaban J connectivity index is 1.51. The minimum absolute atomic E-state index is 0.201. The highest BCUT2D eigenvalue weighted by Crippen LogP contribution is 2.26. The Kier molecular flexibility index (Phi) is 4.80. The van der Waals surface area contributed by atoms with Crippen LogP contribution >= 0.6 is 22.9 Å². The number of thiazole rings is 1. The second-order valence-corrected chi connectivity index (χ2v) is 6.46. The number of carbonyl (C=O) groups is 1. The van der Waals surface area contributed by atoms with Gasteiger partial charge in [0.15, 0.2) is 5.13 Å². The van der Waals surface area contributed by atoms with Gasteiger partial charge < -0.3 is 15.5 Å². The number of rotatable bonds is 4. The largest absolute Gasteiger partial charge is 0.343 e. The zero-order valence-electron chi connectivity index (χ0n) is 12.0. The van der Waals surface area contributed by atoms with Gasteiger partial charge in [0.25, 0.3) is 0 Å². The summed E-state index contributed by atoms with van der Waals surface area (Å²) in [7, 11) is 0. The molecule has 5 nitrogen and oxygen atoms in total. The summed E-state index contributed by atoms with van der Waals surface area (Å²) in [6.45, 7) is 1.61. The minimum atomic E-state index is -0.201. The summed E-state index contributed by atoms with van der Waals surface area (Å²) in [6, 6.07) is 7.16. The molecule has 116 valence electrons. The lowest BCUT2D eigenvalue weighted by Crippen LogP contribution is -2.41. The van der Waals surface area contributed by atoms with Crippen LogP contribution in [0.3, 0.4) is 0 Å². The molecule has 2 aromatic rings. The molecule has 1 saturated heterocycles. The van der Waals surface area contributed by atoms with E-state index >= 15 is 0 Å². The summed E-state index contributed by atoms with van der Waals surface area (Å²) < 4.78 is 0. The van der Waals surface area contributed by atoms with Crippen molar-refractivity contribution in [1.29, 1.82) is 0 Å². The average molecular weight is 337 g/mol. The number of aromatic nitrogens is 1. The smallest absolute Gasteiger partial charge is 0.319 e. The second kappa shape index (κ2) is 6.98. The molecule has 1 unspecified atom stereocenters. The van der Waals surface area contributed by atoms with Crippen molar-refractivity contribution in [3.63, 3.8) is 0 Å². The Morgan fingerprint density at radius 2 is 2.23 bits per heavy atom. The van der Waals surface area contributed by atoms with Crippen molar-refractivity contribution in [3.05, 3.63) is 40.9 Å². The van der Waals surface area contributed by atoms with Gasteiger partial charge in [0.05, 0.1) is 0 Å². The van der Waals surface area contributed by atoms with Gasteiger partial charge in [0.1, 0.15) is 0 Å². The van der Waals surface area contributed by atoms with Crippen LogP contribution in [0.4, 0.5) is 15.6 Å². The highest BCUT2D eigenvalue weighted by atomic mass is 35.5. The van der Waals surface area contributed by atoms with E-state index in [1.54, 1.807) is 35.6 Å². The van der Waals surface area contributed by atoms with Crippen molar-refractivity contribution in [3.8, 4) is 0 Å². The number of halogens is 1. The first-order valence-corrected chi connectivity index (χ1v) is 8.45. The first-order valence-electron chi connectivity index (χ1n) is 7.19. The molecule has 1 aliphatic heterocycles. The van der Waals surface area contributed by atoms with E-state index in [9.17, 15) is 4.79 Å². The number of benzene rings is 1. The van der Waals surface area contributed by atoms with Crippen molar-refractivity contribution >= 4 is 39.8 Å². The molecule has 1 atom stereocenters. The van der Waals surface area contributed by atoms with Gasteiger partial charge in [0, 0.05) is 41.4 Å². The monoisotopic (exact) mass is 336 g/mol. The SMILES string of the molecule is O=C(NCC1CCCN1c1nccs1)Nc1ccc(Cl)cc1. The summed E-state index contributed by atoms with van der Waals surface area (Å²) in [5, 5.41) is 9.39. The molecule has 2 N–H and O–H groups in total. The van der Waals surface area contributed by atoms with E-state index in [4.69, 9.17) is 11.6 Å². The first kappa shape index (κ1) is 15.1. The van der Waals surface area contributed by atoms with E-state index in [2.05, 4.69) is 20.5 Å². The highest BCUT2D eigenvalue weighted by molar-refractivity contribution is 7.13. The van der Waals surface area contributed by atoms with Crippen LogP contribution in [-0.2, 0) is 0 Å². The fourth-order valence-corrected chi connectivity index (χ4v) is 3.44. The molecular formula is C15H17ClN4OS. The molecule has 0 spiro atoms. The van der Waals surface area contributed by atoms with Crippen LogP contribution in [0.25, 0.3) is 0 Å². The summed E-state index contributed by atoms with van der Waals surface area (Å²) in [4.78, 5) is 18.6. The molecule has 1 aromatic heterocycles. The van der Waals surface area contributed by atoms with E-state index in [-0.39, 0.29) is 6.03 Å². The molecule has 1 fully saturated rings. The van der Waals surface area contributed by atoms with E-state index < -0.39 is 0 Å². The summed E-state index contributed by atoms with van der Waals surface area (Å²) in [5.41, 5.74) is 0.727. The fraction of sp³-hybridized carbons (Fsp3) is 0.333. The zero-order valence-corrected chi connectivity index (χ0v) is 13.5. The summed E-state index contributed by atoms with van der Waals surface area (Å²) >= 11 is 7.46. The minimum Gasteiger partial charge on any atom is -0.343 e. The lowest BCUT2D eigenvalue weighted by molar-refractivity contribution is 0.251. The maximum absolute atomic E-state index is 12.0. The lowest BCUT2D eigenvalue weighted by Gasteiger charge is -2.24. The standard InChI is InChI=1S/C15H17ClN4OS/c16-11-3-5-12(6-4-11)19-14(21)18-10-13-2-1-8-20(13)15-17-7-9-22-15/h3-7,9,13H,1-2,8,10H2,(H2,18,19,21). The van der Waals surface area contributed by atoms with Gasteiger partial charge in [-0.3, -0.25) is 0 Å². The zero-order chi connectivity index (χ0) is 15.4. The van der Waals surface area contributed by atoms with E-state index in [0.29, 0.717) is 17.6 Å². The van der Waals surface area contributed by atoms with Crippen molar-refractivity contribution < 1.29 is 4.79 Å². The number of urea groups is 1. The molecular weight excluding hydrogens is 320 g/mol. The third kappa shape index (κ3) is 3.69. The maximum Gasteiger partial charge on any atom is 0.319 e. The Bertz CT molecular complexity index is 617. The Morgan fingerprint density at radius 3 is 2.95 bits per heavy atom. The molecule has 7 heteroatoms. The fourth-order valence-electron chi connectivity index (χ4n) is 2.58.